The number of carbonyl (C=O) groups is 1. The summed E-state index contributed by atoms with van der Waals surface area (Å²) in [5.41, 5.74) is 1.14. The largest absolute Gasteiger partial charge is 0.497 e. The predicted molar refractivity (Wildman–Crippen MR) is 110 cm³/mol. The number of carbonyl (C=O) groups excluding carboxylic acids is 1. The summed E-state index contributed by atoms with van der Waals surface area (Å²) in [6, 6.07) is 15.7. The average Bonchev–Trinajstić information content (AvgIpc) is 2.61. The molecule has 0 aliphatic rings. The van der Waals surface area contributed by atoms with E-state index in [9.17, 15) is 4.79 Å². The van der Waals surface area contributed by atoms with Crippen LogP contribution in [0.3, 0.4) is 0 Å². The molecule has 0 heterocycles. The molecule has 3 N–H and O–H groups in total. The number of amides is 1. The SMILES string of the molecule is COc1ccc(NC(=S)N[C@@H](NC(=O)c2ccccc2)C(Cl)(Cl)Cl)cc1. The number of methoxy groups -OCH3 is 1. The molecule has 9 heteroatoms. The van der Waals surface area contributed by atoms with Crippen LogP contribution in [-0.4, -0.2) is 28.1 Å². The Balaban J connectivity index is 2.02. The van der Waals surface area contributed by atoms with Gasteiger partial charge in [0.15, 0.2) is 5.11 Å². The lowest BCUT2D eigenvalue weighted by molar-refractivity contribution is 0.0934. The number of benzene rings is 2. The third-order valence-corrected chi connectivity index (χ3v) is 4.14. The fourth-order valence-electron chi connectivity index (χ4n) is 1.98. The molecule has 0 aliphatic carbocycles. The van der Waals surface area contributed by atoms with Crippen LogP contribution in [0.25, 0.3) is 0 Å². The predicted octanol–water partition coefficient (Wildman–Crippen LogP) is 4.11. The minimum Gasteiger partial charge on any atom is -0.497 e. The van der Waals surface area contributed by atoms with Gasteiger partial charge in [0.1, 0.15) is 11.9 Å². The molecule has 0 bridgehead atoms. The molecule has 2 rings (SSSR count). The first-order valence-electron chi connectivity index (χ1n) is 7.44. The molecule has 26 heavy (non-hydrogen) atoms. The summed E-state index contributed by atoms with van der Waals surface area (Å²) in [4.78, 5) is 12.3. The Morgan fingerprint density at radius 3 is 2.19 bits per heavy atom. The minimum atomic E-state index is -1.82. The van der Waals surface area contributed by atoms with Crippen LogP contribution in [0.5, 0.6) is 5.75 Å². The molecule has 0 radical (unpaired) electrons. The van der Waals surface area contributed by atoms with E-state index < -0.39 is 15.9 Å². The van der Waals surface area contributed by atoms with E-state index in [-0.39, 0.29) is 5.11 Å². The van der Waals surface area contributed by atoms with Crippen molar-refractivity contribution in [3.05, 3.63) is 60.2 Å². The van der Waals surface area contributed by atoms with E-state index in [1.54, 1.807) is 61.7 Å². The Labute approximate surface area is 172 Å². The summed E-state index contributed by atoms with van der Waals surface area (Å²) in [5.74, 6) is 0.311. The van der Waals surface area contributed by atoms with Crippen molar-refractivity contribution in [3.8, 4) is 5.75 Å². The van der Waals surface area contributed by atoms with Crippen molar-refractivity contribution in [2.75, 3.05) is 12.4 Å². The normalized spacial score (nSPS) is 12.0. The van der Waals surface area contributed by atoms with Crippen molar-refractivity contribution in [2.45, 2.75) is 9.96 Å². The van der Waals surface area contributed by atoms with Gasteiger partial charge in [0.25, 0.3) is 5.91 Å². The summed E-state index contributed by atoms with van der Waals surface area (Å²) >= 11 is 23.1. The Kier molecular flexibility index (Phi) is 7.34. The fourth-order valence-corrected chi connectivity index (χ4v) is 2.54. The summed E-state index contributed by atoms with van der Waals surface area (Å²) in [6.07, 6.45) is -1.04. The van der Waals surface area contributed by atoms with Gasteiger partial charge < -0.3 is 20.7 Å². The highest BCUT2D eigenvalue weighted by molar-refractivity contribution is 7.80. The summed E-state index contributed by atoms with van der Waals surface area (Å²) < 4.78 is 3.27. The lowest BCUT2D eigenvalue weighted by Crippen LogP contribution is -2.56. The fraction of sp³-hybridized carbons (Fsp3) is 0.176. The molecule has 2 aromatic carbocycles. The number of hydrogen-bond donors (Lipinski definition) is 3. The molecule has 0 spiro atoms. The van der Waals surface area contributed by atoms with Crippen molar-refractivity contribution in [1.29, 1.82) is 0 Å². The number of halogens is 3. The van der Waals surface area contributed by atoms with Crippen molar-refractivity contribution < 1.29 is 9.53 Å². The van der Waals surface area contributed by atoms with E-state index >= 15 is 0 Å². The molecule has 0 unspecified atom stereocenters. The highest BCUT2D eigenvalue weighted by Crippen LogP contribution is 2.29. The van der Waals surface area contributed by atoms with Gasteiger partial charge in [-0.2, -0.15) is 0 Å². The first kappa shape index (κ1) is 20.6. The number of nitrogens with one attached hydrogen (secondary N) is 3. The zero-order chi connectivity index (χ0) is 19.2. The van der Waals surface area contributed by atoms with Crippen molar-refractivity contribution in [1.82, 2.24) is 10.6 Å². The molecule has 0 aromatic heterocycles. The molecule has 138 valence electrons. The van der Waals surface area contributed by atoms with Gasteiger partial charge >= 0.3 is 0 Å². The number of alkyl halides is 3. The number of anilines is 1. The quantitative estimate of drug-likeness (QED) is 0.377. The van der Waals surface area contributed by atoms with Gasteiger partial charge in [0, 0.05) is 11.3 Å². The highest BCUT2D eigenvalue weighted by atomic mass is 35.6. The van der Waals surface area contributed by atoms with E-state index in [0.29, 0.717) is 17.0 Å². The molecular formula is C17H16Cl3N3O2S. The van der Waals surface area contributed by atoms with E-state index in [1.165, 1.54) is 0 Å². The third kappa shape index (κ3) is 6.21. The second-order valence-corrected chi connectivity index (χ2v) is 7.92. The van der Waals surface area contributed by atoms with Gasteiger partial charge in [0.2, 0.25) is 3.79 Å². The van der Waals surface area contributed by atoms with Crippen molar-refractivity contribution >= 4 is 63.7 Å². The van der Waals surface area contributed by atoms with Crippen molar-refractivity contribution in [3.63, 3.8) is 0 Å². The third-order valence-electron chi connectivity index (χ3n) is 3.26. The molecule has 0 saturated heterocycles. The minimum absolute atomic E-state index is 0.180. The standard InChI is InChI=1S/C17H16Cl3N3O2S/c1-25-13-9-7-12(8-10-13)21-16(26)23-15(17(18,19)20)22-14(24)11-5-3-2-4-6-11/h2-10,15H,1H3,(H,22,24)(H2,21,23,26)/t15-/m1/s1. The highest BCUT2D eigenvalue weighted by Gasteiger charge is 2.34. The van der Waals surface area contributed by atoms with Gasteiger partial charge in [-0.25, -0.2) is 0 Å². The Morgan fingerprint density at radius 2 is 1.65 bits per heavy atom. The zero-order valence-corrected chi connectivity index (χ0v) is 16.7. The number of thiocarbonyl (C=S) groups is 1. The Morgan fingerprint density at radius 1 is 1.04 bits per heavy atom. The van der Waals surface area contributed by atoms with Crippen LogP contribution in [0.15, 0.2) is 54.6 Å². The molecule has 0 aliphatic heterocycles. The van der Waals surface area contributed by atoms with E-state index in [4.69, 9.17) is 51.8 Å². The molecule has 0 saturated carbocycles. The second kappa shape index (κ2) is 9.28. The van der Waals surface area contributed by atoms with Crippen molar-refractivity contribution in [2.24, 2.45) is 0 Å². The number of ether oxygens (including phenoxy) is 1. The second-order valence-electron chi connectivity index (χ2n) is 5.14. The molecule has 1 atom stereocenters. The molecule has 5 nitrogen and oxygen atoms in total. The topological polar surface area (TPSA) is 62.4 Å². The number of hydrogen-bond acceptors (Lipinski definition) is 3. The summed E-state index contributed by atoms with van der Waals surface area (Å²) in [6.45, 7) is 0. The van der Waals surface area contributed by atoms with E-state index in [1.807, 2.05) is 0 Å². The molecule has 1 amide bonds. The van der Waals surface area contributed by atoms with E-state index in [0.717, 1.165) is 0 Å². The van der Waals surface area contributed by atoms with Crippen LogP contribution < -0.4 is 20.7 Å². The Hall–Kier alpha value is -1.73. The number of rotatable bonds is 5. The lowest BCUT2D eigenvalue weighted by atomic mass is 10.2. The molecular weight excluding hydrogens is 417 g/mol. The first-order chi connectivity index (χ1) is 12.3. The Bertz CT molecular complexity index is 752. The maximum absolute atomic E-state index is 12.3. The lowest BCUT2D eigenvalue weighted by Gasteiger charge is -2.27. The first-order valence-corrected chi connectivity index (χ1v) is 8.98. The van der Waals surface area contributed by atoms with Crippen LogP contribution in [-0.2, 0) is 0 Å². The summed E-state index contributed by atoms with van der Waals surface area (Å²) in [7, 11) is 1.58. The smallest absolute Gasteiger partial charge is 0.252 e. The van der Waals surface area contributed by atoms with Gasteiger partial charge in [-0.1, -0.05) is 53.0 Å². The van der Waals surface area contributed by atoms with Gasteiger partial charge in [0.05, 0.1) is 7.11 Å². The average molecular weight is 433 g/mol. The summed E-state index contributed by atoms with van der Waals surface area (Å²) in [5, 5.41) is 8.54. The van der Waals surface area contributed by atoms with Crippen LogP contribution in [0.4, 0.5) is 5.69 Å². The van der Waals surface area contributed by atoms with Crippen LogP contribution in [0.2, 0.25) is 0 Å². The maximum atomic E-state index is 12.3. The van der Waals surface area contributed by atoms with E-state index in [2.05, 4.69) is 16.0 Å². The van der Waals surface area contributed by atoms with Crippen LogP contribution in [0.1, 0.15) is 10.4 Å². The zero-order valence-electron chi connectivity index (χ0n) is 13.6. The monoisotopic (exact) mass is 431 g/mol. The van der Waals surface area contributed by atoms with Gasteiger partial charge in [-0.05, 0) is 48.6 Å². The van der Waals surface area contributed by atoms with Gasteiger partial charge in [-0.15, -0.1) is 0 Å². The molecule has 2 aromatic rings. The van der Waals surface area contributed by atoms with Crippen LogP contribution in [0, 0.1) is 0 Å². The van der Waals surface area contributed by atoms with Gasteiger partial charge in [-0.3, -0.25) is 4.79 Å². The maximum Gasteiger partial charge on any atom is 0.252 e. The molecule has 0 fully saturated rings. The van der Waals surface area contributed by atoms with Crippen LogP contribution >= 0.6 is 47.0 Å².